The van der Waals surface area contributed by atoms with Crippen LogP contribution in [0.1, 0.15) is 42.6 Å². The summed E-state index contributed by atoms with van der Waals surface area (Å²) in [4.78, 5) is 25.3. The van der Waals surface area contributed by atoms with Gasteiger partial charge in [-0.15, -0.1) is 11.3 Å². The van der Waals surface area contributed by atoms with E-state index >= 15 is 0 Å². The van der Waals surface area contributed by atoms with E-state index in [0.717, 1.165) is 20.1 Å². The minimum absolute atomic E-state index is 0.171. The van der Waals surface area contributed by atoms with Crippen LogP contribution < -0.4 is 10.1 Å². The predicted octanol–water partition coefficient (Wildman–Crippen LogP) is 7.26. The summed E-state index contributed by atoms with van der Waals surface area (Å²) >= 11 is 8.17. The Morgan fingerprint density at radius 2 is 1.75 bits per heavy atom. The van der Waals surface area contributed by atoms with Crippen molar-refractivity contribution in [2.75, 3.05) is 18.5 Å². The first-order valence-corrected chi connectivity index (χ1v) is 12.5. The standard InChI is InChI=1S/C24H23Br2NO4S/c1-4-30-24(29)22-19(15-5-7-16(25)8-6-15)13-32-23(22)27-21(28)12-31-20-10-9-17(26)11-18(20)14(2)3/h5-11,13-14H,4,12H2,1-3H3,(H,27,28). The maximum absolute atomic E-state index is 12.7. The first kappa shape index (κ1) is 24.5. The Morgan fingerprint density at radius 3 is 2.41 bits per heavy atom. The van der Waals surface area contributed by atoms with E-state index in [1.807, 2.05) is 47.8 Å². The molecule has 0 saturated carbocycles. The van der Waals surface area contributed by atoms with Gasteiger partial charge in [-0.3, -0.25) is 4.79 Å². The average molecular weight is 581 g/mol. The average Bonchev–Trinajstić information content (AvgIpc) is 3.17. The first-order chi connectivity index (χ1) is 15.3. The maximum atomic E-state index is 12.7. The van der Waals surface area contributed by atoms with Gasteiger partial charge in [-0.1, -0.05) is 57.8 Å². The summed E-state index contributed by atoms with van der Waals surface area (Å²) in [6.45, 7) is 5.95. The topological polar surface area (TPSA) is 64.6 Å². The van der Waals surface area contributed by atoms with Crippen molar-refractivity contribution in [2.24, 2.45) is 0 Å². The van der Waals surface area contributed by atoms with Crippen LogP contribution in [0.2, 0.25) is 0 Å². The Balaban J connectivity index is 1.80. The summed E-state index contributed by atoms with van der Waals surface area (Å²) in [5.41, 5.74) is 2.93. The number of ether oxygens (including phenoxy) is 2. The lowest BCUT2D eigenvalue weighted by Crippen LogP contribution is -2.21. The summed E-state index contributed by atoms with van der Waals surface area (Å²) in [5.74, 6) is 0.0766. The highest BCUT2D eigenvalue weighted by Gasteiger charge is 2.23. The van der Waals surface area contributed by atoms with Gasteiger partial charge >= 0.3 is 5.97 Å². The number of amides is 1. The van der Waals surface area contributed by atoms with E-state index in [0.29, 0.717) is 21.9 Å². The zero-order valence-corrected chi connectivity index (χ0v) is 21.9. The van der Waals surface area contributed by atoms with Crippen LogP contribution in [0.15, 0.2) is 56.8 Å². The van der Waals surface area contributed by atoms with Gasteiger partial charge in [0.15, 0.2) is 6.61 Å². The van der Waals surface area contributed by atoms with E-state index in [1.54, 1.807) is 6.92 Å². The fourth-order valence-electron chi connectivity index (χ4n) is 3.11. The molecular weight excluding hydrogens is 558 g/mol. The van der Waals surface area contributed by atoms with E-state index < -0.39 is 5.97 Å². The molecule has 32 heavy (non-hydrogen) atoms. The molecule has 3 rings (SSSR count). The van der Waals surface area contributed by atoms with Crippen molar-refractivity contribution in [1.29, 1.82) is 0 Å². The molecule has 0 unspecified atom stereocenters. The molecule has 0 spiro atoms. The highest BCUT2D eigenvalue weighted by atomic mass is 79.9. The minimum atomic E-state index is -0.474. The quantitative estimate of drug-likeness (QED) is 0.285. The van der Waals surface area contributed by atoms with E-state index in [9.17, 15) is 9.59 Å². The fourth-order valence-corrected chi connectivity index (χ4v) is 4.72. The van der Waals surface area contributed by atoms with Crippen molar-refractivity contribution in [3.8, 4) is 16.9 Å². The highest BCUT2D eigenvalue weighted by Crippen LogP contribution is 2.37. The van der Waals surface area contributed by atoms with E-state index in [2.05, 4.69) is 51.0 Å². The van der Waals surface area contributed by atoms with Crippen molar-refractivity contribution >= 4 is 60.1 Å². The van der Waals surface area contributed by atoms with Crippen LogP contribution in [-0.4, -0.2) is 25.1 Å². The Labute approximate surface area is 208 Å². The molecule has 8 heteroatoms. The molecule has 0 atom stereocenters. The van der Waals surface area contributed by atoms with Crippen LogP contribution in [0.4, 0.5) is 5.00 Å². The highest BCUT2D eigenvalue weighted by molar-refractivity contribution is 9.10. The number of hydrogen-bond acceptors (Lipinski definition) is 5. The number of hydrogen-bond donors (Lipinski definition) is 1. The molecule has 0 aliphatic heterocycles. The molecule has 0 radical (unpaired) electrons. The van der Waals surface area contributed by atoms with Crippen molar-refractivity contribution in [3.63, 3.8) is 0 Å². The largest absolute Gasteiger partial charge is 0.483 e. The number of rotatable bonds is 8. The van der Waals surface area contributed by atoms with Gasteiger partial charge in [-0.2, -0.15) is 0 Å². The van der Waals surface area contributed by atoms with Crippen LogP contribution in [0.25, 0.3) is 11.1 Å². The Kier molecular flexibility index (Phi) is 8.51. The third-order valence-electron chi connectivity index (χ3n) is 4.63. The number of carbonyl (C=O) groups excluding carboxylic acids is 2. The maximum Gasteiger partial charge on any atom is 0.341 e. The van der Waals surface area contributed by atoms with Crippen molar-refractivity contribution in [3.05, 3.63) is 67.9 Å². The SMILES string of the molecule is CCOC(=O)c1c(-c2ccc(Br)cc2)csc1NC(=O)COc1ccc(Br)cc1C(C)C. The normalized spacial score (nSPS) is 10.8. The van der Waals surface area contributed by atoms with Crippen molar-refractivity contribution in [1.82, 2.24) is 0 Å². The van der Waals surface area contributed by atoms with Crippen molar-refractivity contribution < 1.29 is 19.1 Å². The zero-order valence-electron chi connectivity index (χ0n) is 17.9. The van der Waals surface area contributed by atoms with Gasteiger partial charge < -0.3 is 14.8 Å². The molecule has 0 aliphatic carbocycles. The second-order valence-electron chi connectivity index (χ2n) is 7.25. The molecule has 0 saturated heterocycles. The lowest BCUT2D eigenvalue weighted by atomic mass is 10.0. The predicted molar refractivity (Wildman–Crippen MR) is 136 cm³/mol. The van der Waals surface area contributed by atoms with Gasteiger partial charge in [-0.05, 0) is 54.3 Å². The Bertz CT molecular complexity index is 1110. The summed E-state index contributed by atoms with van der Waals surface area (Å²) in [5, 5.41) is 5.10. The van der Waals surface area contributed by atoms with Gasteiger partial charge in [0.05, 0.1) is 6.61 Å². The van der Waals surface area contributed by atoms with Gasteiger partial charge in [0.25, 0.3) is 5.91 Å². The number of thiophene rings is 1. The van der Waals surface area contributed by atoms with Crippen LogP contribution in [-0.2, 0) is 9.53 Å². The molecule has 0 bridgehead atoms. The number of benzene rings is 2. The summed E-state index contributed by atoms with van der Waals surface area (Å²) in [6.07, 6.45) is 0. The molecule has 0 fully saturated rings. The smallest absolute Gasteiger partial charge is 0.341 e. The molecule has 0 aliphatic rings. The molecule has 2 aromatic carbocycles. The molecule has 1 heterocycles. The molecular formula is C24H23Br2NO4S. The number of anilines is 1. The monoisotopic (exact) mass is 579 g/mol. The Morgan fingerprint density at radius 1 is 1.06 bits per heavy atom. The number of nitrogens with one attached hydrogen (secondary N) is 1. The minimum Gasteiger partial charge on any atom is -0.483 e. The molecule has 5 nitrogen and oxygen atoms in total. The second-order valence-corrected chi connectivity index (χ2v) is 9.97. The molecule has 1 amide bonds. The summed E-state index contributed by atoms with van der Waals surface area (Å²) in [6, 6.07) is 13.3. The van der Waals surface area contributed by atoms with Crippen LogP contribution >= 0.6 is 43.2 Å². The molecule has 168 valence electrons. The van der Waals surface area contributed by atoms with Gasteiger partial charge in [-0.25, -0.2) is 4.79 Å². The second kappa shape index (κ2) is 11.1. The van der Waals surface area contributed by atoms with Crippen molar-refractivity contribution in [2.45, 2.75) is 26.7 Å². The number of halogens is 2. The third kappa shape index (κ3) is 5.99. The Hall–Kier alpha value is -2.16. The number of carbonyl (C=O) groups is 2. The molecule has 1 aromatic heterocycles. The summed E-state index contributed by atoms with van der Waals surface area (Å²) < 4.78 is 12.9. The first-order valence-electron chi connectivity index (χ1n) is 10.1. The fraction of sp³-hybridized carbons (Fsp3) is 0.250. The zero-order chi connectivity index (χ0) is 23.3. The molecule has 1 N–H and O–H groups in total. The lowest BCUT2D eigenvalue weighted by Gasteiger charge is -2.14. The van der Waals surface area contributed by atoms with Crippen LogP contribution in [0.3, 0.4) is 0 Å². The van der Waals surface area contributed by atoms with Gasteiger partial charge in [0.2, 0.25) is 0 Å². The van der Waals surface area contributed by atoms with Gasteiger partial charge in [0.1, 0.15) is 16.3 Å². The third-order valence-corrected chi connectivity index (χ3v) is 6.55. The van der Waals surface area contributed by atoms with E-state index in [-0.39, 0.29) is 25.0 Å². The van der Waals surface area contributed by atoms with Crippen LogP contribution in [0, 0.1) is 0 Å². The van der Waals surface area contributed by atoms with Gasteiger partial charge in [0, 0.05) is 19.9 Å². The lowest BCUT2D eigenvalue weighted by molar-refractivity contribution is -0.118. The summed E-state index contributed by atoms with van der Waals surface area (Å²) in [7, 11) is 0. The van der Waals surface area contributed by atoms with E-state index in [1.165, 1.54) is 11.3 Å². The van der Waals surface area contributed by atoms with E-state index in [4.69, 9.17) is 9.47 Å². The van der Waals surface area contributed by atoms with Crippen LogP contribution in [0.5, 0.6) is 5.75 Å². The molecule has 3 aromatic rings. The number of esters is 1.